The van der Waals surface area contributed by atoms with Crippen LogP contribution in [0.4, 0.5) is 0 Å². The Hall–Kier alpha value is -7.39. The van der Waals surface area contributed by atoms with Crippen molar-refractivity contribution >= 4 is 43.6 Å². The number of rotatable bonds is 4. The first kappa shape index (κ1) is 28.8. The summed E-state index contributed by atoms with van der Waals surface area (Å²) in [6.07, 6.45) is 0. The van der Waals surface area contributed by atoms with Gasteiger partial charge in [-0.05, 0) is 59.7 Å². The summed E-state index contributed by atoms with van der Waals surface area (Å²) in [6.45, 7) is 0. The van der Waals surface area contributed by atoms with Crippen LogP contribution in [0.25, 0.3) is 77.2 Å². The summed E-state index contributed by atoms with van der Waals surface area (Å²) in [6, 6.07) is 57.7. The molecular weight excluding hydrogens is 611 g/mol. The second-order valence-electron chi connectivity index (χ2n) is 12.2. The van der Waals surface area contributed by atoms with Crippen molar-refractivity contribution in [3.63, 3.8) is 0 Å². The number of benzene rings is 7. The van der Waals surface area contributed by atoms with Crippen molar-refractivity contribution in [3.05, 3.63) is 168 Å². The highest BCUT2D eigenvalue weighted by Gasteiger charge is 2.22. The number of fused-ring (bicyclic) bond motifs is 6. The lowest BCUT2D eigenvalue weighted by atomic mass is 9.90. The van der Waals surface area contributed by atoms with Crippen molar-refractivity contribution in [1.29, 1.82) is 15.8 Å². The van der Waals surface area contributed by atoms with Crippen molar-refractivity contribution in [2.75, 3.05) is 0 Å². The van der Waals surface area contributed by atoms with Crippen LogP contribution in [0.2, 0.25) is 0 Å². The topological polar surface area (TPSA) is 81.2 Å². The Labute approximate surface area is 287 Å². The Morgan fingerprint density at radius 3 is 1.68 bits per heavy atom. The Kier molecular flexibility index (Phi) is 6.56. The first-order valence-corrected chi connectivity index (χ1v) is 16.3. The van der Waals surface area contributed by atoms with E-state index in [4.69, 9.17) is 0 Å². The summed E-state index contributed by atoms with van der Waals surface area (Å²) in [5.74, 6) is 0. The van der Waals surface area contributed by atoms with Crippen molar-refractivity contribution < 1.29 is 0 Å². The van der Waals surface area contributed by atoms with E-state index in [0.29, 0.717) is 16.7 Å². The van der Waals surface area contributed by atoms with Crippen LogP contribution >= 0.6 is 0 Å². The van der Waals surface area contributed by atoms with Crippen LogP contribution in [0.15, 0.2) is 152 Å². The van der Waals surface area contributed by atoms with E-state index in [2.05, 4.69) is 81.9 Å². The predicted octanol–water partition coefficient (Wildman–Crippen LogP) is 10.8. The summed E-state index contributed by atoms with van der Waals surface area (Å²) in [4.78, 5) is 0. The van der Waals surface area contributed by atoms with Gasteiger partial charge in [-0.15, -0.1) is 0 Å². The minimum atomic E-state index is 0.549. The van der Waals surface area contributed by atoms with Gasteiger partial charge in [0.05, 0.1) is 56.2 Å². The maximum absolute atomic E-state index is 10.9. The second-order valence-corrected chi connectivity index (χ2v) is 12.2. The van der Waals surface area contributed by atoms with E-state index in [1.54, 1.807) is 0 Å². The lowest BCUT2D eigenvalue weighted by Gasteiger charge is -2.19. The van der Waals surface area contributed by atoms with E-state index < -0.39 is 0 Å². The lowest BCUT2D eigenvalue weighted by molar-refractivity contribution is 1.17. The maximum atomic E-state index is 10.9. The highest BCUT2D eigenvalue weighted by Crippen LogP contribution is 2.42. The largest absolute Gasteiger partial charge is 0.308 e. The number of aromatic nitrogens is 2. The molecule has 0 unspecified atom stereocenters. The van der Waals surface area contributed by atoms with Crippen LogP contribution in [0, 0.1) is 34.0 Å². The molecule has 0 N–H and O–H groups in total. The zero-order valence-electron chi connectivity index (χ0n) is 26.7. The average Bonchev–Trinajstić information content (AvgIpc) is 3.70. The van der Waals surface area contributed by atoms with E-state index >= 15 is 0 Å². The standard InChI is InChI=1S/C45H25N5/c46-26-29-23-24-44-38(25-29)36-16-5-6-19-40(36)49(44)43-22-10-17-33(39(43)28-48)31-12-1-2-13-32(31)34-14-3-7-20-41(34)50-42-21-8-4-15-35(42)37-18-9-11-30(27-47)45(37)50/h1-25H. The lowest BCUT2D eigenvalue weighted by Crippen LogP contribution is -2.01. The third-order valence-corrected chi connectivity index (χ3v) is 9.66. The van der Waals surface area contributed by atoms with Crippen LogP contribution in [0.5, 0.6) is 0 Å². The third kappa shape index (κ3) is 4.17. The monoisotopic (exact) mass is 635 g/mol. The molecule has 5 heteroatoms. The molecule has 7 aromatic carbocycles. The first-order chi connectivity index (χ1) is 24.7. The predicted molar refractivity (Wildman–Crippen MR) is 200 cm³/mol. The molecule has 0 bridgehead atoms. The molecule has 0 radical (unpaired) electrons. The molecule has 0 amide bonds. The van der Waals surface area contributed by atoms with Crippen molar-refractivity contribution in [2.24, 2.45) is 0 Å². The summed E-state index contributed by atoms with van der Waals surface area (Å²) >= 11 is 0. The fourth-order valence-corrected chi connectivity index (χ4v) is 7.58. The van der Waals surface area contributed by atoms with Gasteiger partial charge in [-0.25, -0.2) is 0 Å². The van der Waals surface area contributed by atoms with Crippen LogP contribution in [-0.2, 0) is 0 Å². The molecule has 9 aromatic rings. The summed E-state index contributed by atoms with van der Waals surface area (Å²) in [5, 5.41) is 34.9. The van der Waals surface area contributed by atoms with Crippen LogP contribution in [0.1, 0.15) is 16.7 Å². The molecule has 0 saturated carbocycles. The molecule has 5 nitrogen and oxygen atoms in total. The van der Waals surface area contributed by atoms with E-state index in [1.807, 2.05) is 97.1 Å². The highest BCUT2D eigenvalue weighted by atomic mass is 15.0. The molecule has 0 saturated heterocycles. The van der Waals surface area contributed by atoms with Gasteiger partial charge in [0.25, 0.3) is 0 Å². The molecular formula is C45H25N5. The fourth-order valence-electron chi connectivity index (χ4n) is 7.58. The minimum absolute atomic E-state index is 0.549. The van der Waals surface area contributed by atoms with E-state index in [9.17, 15) is 15.8 Å². The van der Waals surface area contributed by atoms with Crippen molar-refractivity contribution in [1.82, 2.24) is 9.13 Å². The number of nitrogens with zero attached hydrogens (tertiary/aromatic N) is 5. The quantitative estimate of drug-likeness (QED) is 0.193. The summed E-state index contributed by atoms with van der Waals surface area (Å²) in [5.41, 5.74) is 10.9. The van der Waals surface area contributed by atoms with E-state index in [-0.39, 0.29) is 0 Å². The minimum Gasteiger partial charge on any atom is -0.308 e. The highest BCUT2D eigenvalue weighted by molar-refractivity contribution is 6.12. The van der Waals surface area contributed by atoms with Crippen LogP contribution < -0.4 is 0 Å². The van der Waals surface area contributed by atoms with Gasteiger partial charge in [0.15, 0.2) is 0 Å². The fraction of sp³-hybridized carbons (Fsp3) is 0. The molecule has 2 aromatic heterocycles. The molecule has 0 aliphatic heterocycles. The van der Waals surface area contributed by atoms with E-state index in [1.165, 1.54) is 0 Å². The van der Waals surface area contributed by atoms with Gasteiger partial charge in [-0.1, -0.05) is 103 Å². The molecule has 0 atom stereocenters. The van der Waals surface area contributed by atoms with Gasteiger partial charge in [0.2, 0.25) is 0 Å². The Bertz CT molecular complexity index is 2970. The van der Waals surface area contributed by atoms with Crippen LogP contribution in [-0.4, -0.2) is 9.13 Å². The molecule has 2 heterocycles. The normalized spacial score (nSPS) is 11.1. The zero-order valence-corrected chi connectivity index (χ0v) is 26.7. The number of nitriles is 3. The smallest absolute Gasteiger partial charge is 0.102 e. The van der Waals surface area contributed by atoms with Gasteiger partial charge in [0, 0.05) is 32.7 Å². The summed E-state index contributed by atoms with van der Waals surface area (Å²) < 4.78 is 4.33. The Balaban J connectivity index is 1.31. The number of hydrogen-bond acceptors (Lipinski definition) is 3. The Morgan fingerprint density at radius 2 is 0.940 bits per heavy atom. The molecule has 0 aliphatic carbocycles. The Morgan fingerprint density at radius 1 is 0.380 bits per heavy atom. The van der Waals surface area contributed by atoms with Gasteiger partial charge in [-0.3, -0.25) is 0 Å². The molecule has 230 valence electrons. The van der Waals surface area contributed by atoms with Gasteiger partial charge >= 0.3 is 0 Å². The molecule has 0 fully saturated rings. The van der Waals surface area contributed by atoms with Gasteiger partial charge in [-0.2, -0.15) is 15.8 Å². The average molecular weight is 636 g/mol. The van der Waals surface area contributed by atoms with Gasteiger partial charge in [0.1, 0.15) is 12.1 Å². The van der Waals surface area contributed by atoms with Crippen molar-refractivity contribution in [2.45, 2.75) is 0 Å². The SMILES string of the molecule is N#Cc1ccc2c(c1)c1ccccc1n2-c1cccc(-c2ccccc2-c2ccccc2-n2c3ccccc3c3cccc(C#N)c32)c1C#N. The third-order valence-electron chi connectivity index (χ3n) is 9.66. The molecule has 9 rings (SSSR count). The van der Waals surface area contributed by atoms with Crippen LogP contribution in [0.3, 0.4) is 0 Å². The van der Waals surface area contributed by atoms with E-state index in [0.717, 1.165) is 77.2 Å². The first-order valence-electron chi connectivity index (χ1n) is 16.3. The zero-order chi connectivity index (χ0) is 33.8. The second kappa shape index (κ2) is 11.4. The molecule has 50 heavy (non-hydrogen) atoms. The maximum Gasteiger partial charge on any atom is 0.102 e. The van der Waals surface area contributed by atoms with Crippen molar-refractivity contribution in [3.8, 4) is 51.8 Å². The molecule has 0 spiro atoms. The van der Waals surface area contributed by atoms with Gasteiger partial charge < -0.3 is 9.13 Å². The number of hydrogen-bond donors (Lipinski definition) is 0. The summed E-state index contributed by atoms with van der Waals surface area (Å²) in [7, 11) is 0. The number of para-hydroxylation sites is 4. The molecule has 0 aliphatic rings.